The largest absolute Gasteiger partial charge is 0.480 e. The molecular weight excluding hydrogens is 948 g/mol. The van der Waals surface area contributed by atoms with E-state index in [0.717, 1.165) is 27.2 Å². The zero-order valence-electron chi connectivity index (χ0n) is 34.1. The van der Waals surface area contributed by atoms with Crippen LogP contribution in [0.25, 0.3) is 11.1 Å². The minimum absolute atomic E-state index is 0. The molecule has 3 aromatic rings. The van der Waals surface area contributed by atoms with E-state index in [2.05, 4.69) is 5.32 Å². The number of aliphatic hydroxyl groups is 1. The van der Waals surface area contributed by atoms with Crippen LogP contribution in [0, 0.1) is 39.9 Å². The number of amides is 3. The number of ether oxygens (including phenoxy) is 1. The van der Waals surface area contributed by atoms with Crippen LogP contribution in [0.1, 0.15) is 22.6 Å². The average Bonchev–Trinajstić information content (AvgIpc) is 3.74. The van der Waals surface area contributed by atoms with Crippen molar-refractivity contribution < 1.29 is 93.9 Å². The molecule has 2 aliphatic heterocycles. The number of nitrogens with two attached hydrogens (primary N) is 1. The first-order valence-corrected chi connectivity index (χ1v) is 20.3. The Balaban J connectivity index is 0.00000726. The molecule has 1 aliphatic carbocycles. The number of hydrogen-bond acceptors (Lipinski definition) is 12. The molecule has 0 aromatic heterocycles. The van der Waals surface area contributed by atoms with Gasteiger partial charge in [0, 0.05) is 105 Å². The van der Waals surface area contributed by atoms with E-state index in [0.29, 0.717) is 5.56 Å². The molecular formula is C43H53GdN7O11. The fourth-order valence-electron chi connectivity index (χ4n) is 8.65. The third-order valence-corrected chi connectivity index (χ3v) is 11.6. The molecule has 1 unspecified atom stereocenters. The molecule has 3 aliphatic rings. The molecule has 0 bridgehead atoms. The van der Waals surface area contributed by atoms with Crippen molar-refractivity contribution in [2.24, 2.45) is 5.73 Å². The third kappa shape index (κ3) is 12.5. The number of primary amides is 1. The molecule has 334 valence electrons. The first-order chi connectivity index (χ1) is 29.3. The zero-order valence-corrected chi connectivity index (χ0v) is 36.4. The summed E-state index contributed by atoms with van der Waals surface area (Å²) in [5.41, 5.74) is 10.5. The van der Waals surface area contributed by atoms with E-state index in [1.807, 2.05) is 48.5 Å². The number of β-amino-alcohol motifs (C(OH)–C–C–N with tert-alkyl or cyclic N) is 1. The van der Waals surface area contributed by atoms with E-state index in [-0.39, 0.29) is 137 Å². The molecule has 0 spiro atoms. The summed E-state index contributed by atoms with van der Waals surface area (Å²) in [5.74, 6) is -5.24. The number of benzene rings is 3. The van der Waals surface area contributed by atoms with Crippen LogP contribution >= 0.6 is 0 Å². The van der Waals surface area contributed by atoms with Gasteiger partial charge in [0.1, 0.15) is 18.7 Å². The predicted octanol–water partition coefficient (Wildman–Crippen LogP) is 0.0374. The molecule has 2 saturated heterocycles. The van der Waals surface area contributed by atoms with Crippen LogP contribution in [0.15, 0.2) is 78.9 Å². The molecule has 62 heavy (non-hydrogen) atoms. The molecule has 19 heteroatoms. The summed E-state index contributed by atoms with van der Waals surface area (Å²) in [4.78, 5) is 85.1. The van der Waals surface area contributed by atoms with E-state index in [1.54, 1.807) is 49.9 Å². The average molecular weight is 1000 g/mol. The quantitative estimate of drug-likeness (QED) is 0.125. The minimum atomic E-state index is -1.44. The Labute approximate surface area is 391 Å². The van der Waals surface area contributed by atoms with E-state index < -0.39 is 60.0 Å². The van der Waals surface area contributed by atoms with Gasteiger partial charge in [-0.15, -0.1) is 0 Å². The Bertz CT molecular complexity index is 1990. The predicted molar refractivity (Wildman–Crippen MR) is 220 cm³/mol. The van der Waals surface area contributed by atoms with Gasteiger partial charge >= 0.3 is 24.0 Å². The third-order valence-electron chi connectivity index (χ3n) is 11.6. The molecule has 0 radical (unpaired) electrons. The number of carbonyl (C=O) groups excluding carboxylic acids is 3. The minimum Gasteiger partial charge on any atom is -0.480 e. The Morgan fingerprint density at radius 2 is 1.13 bits per heavy atom. The van der Waals surface area contributed by atoms with Gasteiger partial charge < -0.3 is 36.2 Å². The van der Waals surface area contributed by atoms with Crippen LogP contribution < -0.4 is 11.1 Å². The van der Waals surface area contributed by atoms with E-state index >= 15 is 0 Å². The van der Waals surface area contributed by atoms with Crippen molar-refractivity contribution in [3.05, 3.63) is 95.6 Å². The Kier molecular flexibility index (Phi) is 17.7. The van der Waals surface area contributed by atoms with E-state index in [4.69, 9.17) is 10.5 Å². The number of nitrogens with one attached hydrogen (secondary N) is 1. The SMILES string of the molecule is NC(=O)[C@@H](Cc1ccccc1)NC(=O)[C@@H]1C(N2CCN(CC(=O)O)CCN(CC(=O)O)CCN(CC(=O)O)CC2)[C@@H](O)CN1C(=O)OCC1c2ccccc2-c2ccccc21.[Gd]. The maximum absolute atomic E-state index is 14.6. The molecule has 2 fully saturated rings. The van der Waals surface area contributed by atoms with E-state index in [9.17, 15) is 49.2 Å². The van der Waals surface area contributed by atoms with Gasteiger partial charge in [-0.05, 0) is 27.8 Å². The van der Waals surface area contributed by atoms with Gasteiger partial charge in [0.05, 0.1) is 38.3 Å². The Hall–Kier alpha value is -4.60. The van der Waals surface area contributed by atoms with Gasteiger partial charge in [-0.3, -0.25) is 48.5 Å². The summed E-state index contributed by atoms with van der Waals surface area (Å²) < 4.78 is 6.00. The Morgan fingerprint density at radius 3 is 1.60 bits per heavy atom. The van der Waals surface area contributed by atoms with Crippen LogP contribution in [0.4, 0.5) is 4.79 Å². The molecule has 6 rings (SSSR count). The van der Waals surface area contributed by atoms with Gasteiger partial charge in [-0.25, -0.2) is 4.79 Å². The number of fused-ring (bicyclic) bond motifs is 3. The van der Waals surface area contributed by atoms with Crippen LogP contribution in [-0.2, 0) is 35.1 Å². The van der Waals surface area contributed by atoms with Gasteiger partial charge in [0.2, 0.25) is 11.8 Å². The van der Waals surface area contributed by atoms with Crippen LogP contribution in [0.5, 0.6) is 0 Å². The van der Waals surface area contributed by atoms with Crippen molar-refractivity contribution in [2.75, 3.05) is 85.1 Å². The standard InChI is InChI=1S/C43H53N7O11.Gd/c44-41(58)34(22-28-8-2-1-3-9-28)45-42(59)40-39(35(51)23-50(40)43(60)61-27-33-31-12-6-4-10-29(31)30-11-5-7-13-32(30)33)49-20-18-47(25-37(54)55)16-14-46(24-36(52)53)15-17-48(19-21-49)26-38(56)57;/h1-13,33-35,39-40,51H,14-27H2,(H2,44,58)(H,45,59)(H,52,53)(H,54,55)(H,56,57);/t34-,35+,39?,40+;/m1./s1. The first kappa shape index (κ1) is 48.4. The monoisotopic (exact) mass is 1000 g/mol. The number of likely N-dealkylation sites (tertiary alicyclic amines) is 1. The van der Waals surface area contributed by atoms with Crippen molar-refractivity contribution in [3.8, 4) is 11.1 Å². The number of nitrogens with zero attached hydrogens (tertiary/aromatic N) is 5. The maximum Gasteiger partial charge on any atom is 0.410 e. The van der Waals surface area contributed by atoms with E-state index in [1.165, 1.54) is 0 Å². The van der Waals surface area contributed by atoms with Gasteiger partial charge in [0.25, 0.3) is 0 Å². The van der Waals surface area contributed by atoms with Crippen LogP contribution in [0.3, 0.4) is 0 Å². The zero-order chi connectivity index (χ0) is 43.6. The second-order valence-electron chi connectivity index (χ2n) is 15.7. The molecule has 4 atom stereocenters. The summed E-state index contributed by atoms with van der Waals surface area (Å²) in [7, 11) is 0. The fraction of sp³-hybridized carbons (Fsp3) is 0.442. The number of carboxylic acid groups (broad SMARTS) is 3. The first-order valence-electron chi connectivity index (χ1n) is 20.3. The second-order valence-corrected chi connectivity index (χ2v) is 15.7. The van der Waals surface area contributed by atoms with Gasteiger partial charge in [-0.2, -0.15) is 0 Å². The smallest absolute Gasteiger partial charge is 0.410 e. The van der Waals surface area contributed by atoms with Crippen molar-refractivity contribution in [2.45, 2.75) is 36.6 Å². The van der Waals surface area contributed by atoms with Gasteiger partial charge in [-0.1, -0.05) is 78.9 Å². The van der Waals surface area contributed by atoms with Gasteiger partial charge in [0.15, 0.2) is 0 Å². The van der Waals surface area contributed by atoms with Crippen molar-refractivity contribution in [1.82, 2.24) is 29.8 Å². The molecule has 7 N–H and O–H groups in total. The molecule has 2 heterocycles. The summed E-state index contributed by atoms with van der Waals surface area (Å²) >= 11 is 0. The summed E-state index contributed by atoms with van der Waals surface area (Å²) in [6, 6.07) is 20.8. The topological polar surface area (TPSA) is 247 Å². The Morgan fingerprint density at radius 1 is 0.677 bits per heavy atom. The van der Waals surface area contributed by atoms with Crippen molar-refractivity contribution in [1.29, 1.82) is 0 Å². The molecule has 3 aromatic carbocycles. The molecule has 3 amide bonds. The summed E-state index contributed by atoms with van der Waals surface area (Å²) in [6.45, 7) is -0.589. The normalized spacial score (nSPS) is 21.0. The molecule has 0 saturated carbocycles. The van der Waals surface area contributed by atoms with Crippen molar-refractivity contribution >= 4 is 35.8 Å². The number of carbonyl (C=O) groups is 6. The number of rotatable bonds is 14. The number of carboxylic acids is 3. The second kappa shape index (κ2) is 22.7. The summed E-state index contributed by atoms with van der Waals surface area (Å²) in [5, 5.41) is 43.7. The number of hydrogen-bond donors (Lipinski definition) is 6. The maximum atomic E-state index is 14.6. The van der Waals surface area contributed by atoms with Crippen molar-refractivity contribution in [3.63, 3.8) is 0 Å². The van der Waals surface area contributed by atoms with Crippen LogP contribution in [-0.4, -0.2) is 190 Å². The number of aliphatic hydroxyl groups excluding tert-OH is 1. The summed E-state index contributed by atoms with van der Waals surface area (Å²) in [6.07, 6.45) is -2.18. The number of aliphatic carboxylic acids is 3. The fourth-order valence-corrected chi connectivity index (χ4v) is 8.65. The molecule has 18 nitrogen and oxygen atoms in total. The van der Waals surface area contributed by atoms with Crippen LogP contribution in [0.2, 0.25) is 0 Å².